The van der Waals surface area contributed by atoms with Crippen LogP contribution in [0.3, 0.4) is 0 Å². The number of unbranched alkanes of at least 4 members (excludes halogenated alkanes) is 2. The normalized spacial score (nSPS) is 24.7. The molecule has 0 aliphatic heterocycles. The van der Waals surface area contributed by atoms with E-state index in [1.807, 2.05) is 24.3 Å². The predicted molar refractivity (Wildman–Crippen MR) is 149 cm³/mol. The average molecular weight is 515 g/mol. The van der Waals surface area contributed by atoms with Crippen LogP contribution in [0.2, 0.25) is 5.02 Å². The van der Waals surface area contributed by atoms with Gasteiger partial charge in [-0.1, -0.05) is 94.9 Å². The molecule has 2 aromatic rings. The molecule has 0 unspecified atom stereocenters. The van der Waals surface area contributed by atoms with Gasteiger partial charge in [0.1, 0.15) is 11.6 Å². The zero-order valence-corrected chi connectivity index (χ0v) is 23.0. The third-order valence-electron chi connectivity index (χ3n) is 9.22. The van der Waals surface area contributed by atoms with Gasteiger partial charge in [0.15, 0.2) is 0 Å². The maximum atomic E-state index is 14.9. The molecule has 2 saturated carbocycles. The lowest BCUT2D eigenvalue weighted by atomic mass is 9.74. The van der Waals surface area contributed by atoms with E-state index in [1.54, 1.807) is 12.1 Å². The molecule has 2 aromatic carbocycles. The van der Waals surface area contributed by atoms with E-state index in [-0.39, 0.29) is 17.2 Å². The van der Waals surface area contributed by atoms with Gasteiger partial charge in [-0.25, -0.2) is 8.78 Å². The first kappa shape index (κ1) is 27.6. The first-order valence-electron chi connectivity index (χ1n) is 14.7. The molecule has 0 radical (unpaired) electrons. The number of hydrogen-bond donors (Lipinski definition) is 0. The molecule has 0 heterocycles. The Hall–Kier alpha value is -1.41. The lowest BCUT2D eigenvalue weighted by molar-refractivity contribution is 0.222. The molecule has 3 heteroatoms. The lowest BCUT2D eigenvalue weighted by Crippen LogP contribution is -2.18. The van der Waals surface area contributed by atoms with Gasteiger partial charge in [-0.15, -0.1) is 0 Å². The Kier molecular flexibility index (Phi) is 10.7. The van der Waals surface area contributed by atoms with Crippen LogP contribution in [0.5, 0.6) is 0 Å². The largest absolute Gasteiger partial charge is 0.207 e. The molecule has 36 heavy (non-hydrogen) atoms. The van der Waals surface area contributed by atoms with Crippen molar-refractivity contribution in [3.05, 3.63) is 69.7 Å². The summed E-state index contributed by atoms with van der Waals surface area (Å²) in [6.45, 7) is 2.29. The average Bonchev–Trinajstić information content (AvgIpc) is 2.89. The first-order chi connectivity index (χ1) is 17.5. The SMILES string of the molecule is CCCCC[C@H]1CC[C@H](CC[C@H]2CC[C@H](c3cc(F)c(CCc4ccc(Cl)cc4)c(F)c3)CC2)CC1. The topological polar surface area (TPSA) is 0 Å². The van der Waals surface area contributed by atoms with Gasteiger partial charge in [0.05, 0.1) is 0 Å². The van der Waals surface area contributed by atoms with Crippen molar-refractivity contribution in [2.24, 2.45) is 17.8 Å². The van der Waals surface area contributed by atoms with E-state index in [1.165, 1.54) is 77.0 Å². The van der Waals surface area contributed by atoms with Crippen LogP contribution in [0.4, 0.5) is 8.78 Å². The highest BCUT2D eigenvalue weighted by molar-refractivity contribution is 6.30. The van der Waals surface area contributed by atoms with E-state index in [2.05, 4.69) is 6.92 Å². The number of hydrogen-bond acceptors (Lipinski definition) is 0. The molecule has 2 aliphatic rings. The van der Waals surface area contributed by atoms with Crippen LogP contribution in [-0.2, 0) is 12.8 Å². The zero-order chi connectivity index (χ0) is 25.3. The fourth-order valence-corrected chi connectivity index (χ4v) is 6.89. The zero-order valence-electron chi connectivity index (χ0n) is 22.2. The number of benzene rings is 2. The van der Waals surface area contributed by atoms with Crippen molar-refractivity contribution in [1.29, 1.82) is 0 Å². The fourth-order valence-electron chi connectivity index (χ4n) is 6.77. The predicted octanol–water partition coefficient (Wildman–Crippen LogP) is 10.8. The second-order valence-electron chi connectivity index (χ2n) is 11.8. The molecular weight excluding hydrogens is 470 g/mol. The molecule has 0 saturated heterocycles. The van der Waals surface area contributed by atoms with E-state index in [0.29, 0.717) is 23.8 Å². The van der Waals surface area contributed by atoms with Gasteiger partial charge in [0, 0.05) is 10.6 Å². The number of halogens is 3. The van der Waals surface area contributed by atoms with E-state index in [4.69, 9.17) is 11.6 Å². The van der Waals surface area contributed by atoms with Gasteiger partial charge in [0.25, 0.3) is 0 Å². The summed E-state index contributed by atoms with van der Waals surface area (Å²) < 4.78 is 29.8. The first-order valence-corrected chi connectivity index (χ1v) is 15.1. The Balaban J connectivity index is 1.19. The summed E-state index contributed by atoms with van der Waals surface area (Å²) in [6.07, 6.45) is 19.7. The van der Waals surface area contributed by atoms with Gasteiger partial charge in [-0.2, -0.15) is 0 Å². The molecule has 0 amide bonds. The highest BCUT2D eigenvalue weighted by Gasteiger charge is 2.26. The second kappa shape index (κ2) is 13.9. The van der Waals surface area contributed by atoms with E-state index >= 15 is 0 Å². The fraction of sp³-hybridized carbons (Fsp3) is 0.636. The van der Waals surface area contributed by atoms with Crippen molar-refractivity contribution in [2.45, 2.75) is 116 Å². The van der Waals surface area contributed by atoms with Crippen LogP contribution in [0.25, 0.3) is 0 Å². The maximum Gasteiger partial charge on any atom is 0.129 e. The van der Waals surface area contributed by atoms with E-state index in [0.717, 1.165) is 41.7 Å². The highest BCUT2D eigenvalue weighted by atomic mass is 35.5. The van der Waals surface area contributed by atoms with Crippen LogP contribution < -0.4 is 0 Å². The van der Waals surface area contributed by atoms with Gasteiger partial charge >= 0.3 is 0 Å². The van der Waals surface area contributed by atoms with E-state index in [9.17, 15) is 8.78 Å². The Morgan fingerprint density at radius 2 is 1.22 bits per heavy atom. The Labute approximate surface area is 223 Å². The summed E-state index contributed by atoms with van der Waals surface area (Å²) in [5, 5.41) is 0.676. The molecule has 0 atom stereocenters. The molecule has 0 aromatic heterocycles. The van der Waals surface area contributed by atoms with Crippen LogP contribution >= 0.6 is 11.6 Å². The standard InChI is InChI=1S/C33H45ClF2/c1-2-3-4-5-24-6-8-25(9-7-24)10-11-26-12-17-28(18-13-26)29-22-32(35)31(33(36)23-29)21-16-27-14-19-30(34)20-15-27/h14-15,19-20,22-26,28H,2-13,16-18,21H2,1H3/t24-,25-,26-,28-. The molecular formula is C33H45ClF2. The third-order valence-corrected chi connectivity index (χ3v) is 9.48. The summed E-state index contributed by atoms with van der Waals surface area (Å²) in [5.41, 5.74) is 2.11. The van der Waals surface area contributed by atoms with Gasteiger partial charge in [-0.3, -0.25) is 0 Å². The van der Waals surface area contributed by atoms with Crippen LogP contribution in [-0.4, -0.2) is 0 Å². The van der Waals surface area contributed by atoms with Crippen LogP contribution in [0.1, 0.15) is 119 Å². The van der Waals surface area contributed by atoms with Gasteiger partial charge < -0.3 is 0 Å². The Morgan fingerprint density at radius 3 is 1.78 bits per heavy atom. The van der Waals surface area contributed by atoms with E-state index < -0.39 is 0 Å². The molecule has 2 aliphatic carbocycles. The maximum absolute atomic E-state index is 14.9. The van der Waals surface area contributed by atoms with Crippen molar-refractivity contribution >= 4 is 11.6 Å². The highest BCUT2D eigenvalue weighted by Crippen LogP contribution is 2.41. The van der Waals surface area contributed by atoms with Gasteiger partial charge in [-0.05, 0) is 97.6 Å². The number of rotatable bonds is 11. The summed E-state index contributed by atoms with van der Waals surface area (Å²) in [7, 11) is 0. The Bertz CT molecular complexity index is 898. The minimum absolute atomic E-state index is 0.211. The lowest BCUT2D eigenvalue weighted by Gasteiger charge is -2.32. The van der Waals surface area contributed by atoms with Crippen LogP contribution in [0, 0.1) is 29.4 Å². The summed E-state index contributed by atoms with van der Waals surface area (Å²) >= 11 is 5.94. The summed E-state index contributed by atoms with van der Waals surface area (Å²) in [5.74, 6) is 2.27. The second-order valence-corrected chi connectivity index (χ2v) is 12.2. The van der Waals surface area contributed by atoms with Crippen molar-refractivity contribution in [3.63, 3.8) is 0 Å². The third kappa shape index (κ3) is 8.04. The molecule has 0 bridgehead atoms. The van der Waals surface area contributed by atoms with Gasteiger partial charge in [0.2, 0.25) is 0 Å². The smallest absolute Gasteiger partial charge is 0.129 e. The molecule has 4 rings (SSSR count). The summed E-state index contributed by atoms with van der Waals surface area (Å²) in [6, 6.07) is 10.7. The van der Waals surface area contributed by atoms with Crippen molar-refractivity contribution in [2.75, 3.05) is 0 Å². The quantitative estimate of drug-likeness (QED) is 0.261. The number of aryl methyl sites for hydroxylation is 1. The molecule has 0 N–H and O–H groups in total. The molecule has 2 fully saturated rings. The van der Waals surface area contributed by atoms with Crippen molar-refractivity contribution in [3.8, 4) is 0 Å². The monoisotopic (exact) mass is 514 g/mol. The summed E-state index contributed by atoms with van der Waals surface area (Å²) in [4.78, 5) is 0. The minimum atomic E-state index is -0.383. The Morgan fingerprint density at radius 1 is 0.694 bits per heavy atom. The van der Waals surface area contributed by atoms with Crippen molar-refractivity contribution < 1.29 is 8.78 Å². The van der Waals surface area contributed by atoms with Crippen molar-refractivity contribution in [1.82, 2.24) is 0 Å². The van der Waals surface area contributed by atoms with Crippen LogP contribution in [0.15, 0.2) is 36.4 Å². The molecule has 0 spiro atoms. The molecule has 198 valence electrons. The minimum Gasteiger partial charge on any atom is -0.207 e. The molecule has 0 nitrogen and oxygen atoms in total.